The van der Waals surface area contributed by atoms with E-state index in [1.54, 1.807) is 13.1 Å². The van der Waals surface area contributed by atoms with Crippen LogP contribution in [-0.2, 0) is 0 Å². The lowest BCUT2D eigenvalue weighted by Crippen LogP contribution is -2.59. The molecular weight excluding hydrogens is 556 g/mol. The van der Waals surface area contributed by atoms with Crippen LogP contribution < -0.4 is 4.90 Å². The van der Waals surface area contributed by atoms with Gasteiger partial charge in [0.05, 0.1) is 10.6 Å². The second-order valence-corrected chi connectivity index (χ2v) is 11.1. The summed E-state index contributed by atoms with van der Waals surface area (Å²) in [5.74, 6) is 1.87. The number of hydrogen-bond acceptors (Lipinski definition) is 7. The van der Waals surface area contributed by atoms with Gasteiger partial charge in [-0.2, -0.15) is 0 Å². The van der Waals surface area contributed by atoms with Gasteiger partial charge in [0.2, 0.25) is 11.8 Å². The summed E-state index contributed by atoms with van der Waals surface area (Å²) in [5.41, 5.74) is 1.48. The fraction of sp³-hybridized carbons (Fsp3) is 0.481. The Hall–Kier alpha value is -2.49. The van der Waals surface area contributed by atoms with Crippen LogP contribution in [-0.4, -0.2) is 75.7 Å². The van der Waals surface area contributed by atoms with Crippen LogP contribution in [0.3, 0.4) is 0 Å². The Morgan fingerprint density at radius 2 is 1.89 bits per heavy atom. The van der Waals surface area contributed by atoms with Crippen LogP contribution in [0.1, 0.15) is 48.9 Å². The van der Waals surface area contributed by atoms with Gasteiger partial charge in [-0.05, 0) is 49.6 Å². The minimum Gasteiger partial charge on any atom is -0.421 e. The van der Waals surface area contributed by atoms with E-state index >= 15 is 0 Å². The Morgan fingerprint density at radius 1 is 1.14 bits per heavy atom. The molecule has 2 saturated heterocycles. The van der Waals surface area contributed by atoms with Crippen molar-refractivity contribution in [1.82, 2.24) is 25.0 Å². The van der Waals surface area contributed by atoms with Crippen LogP contribution in [0.15, 0.2) is 45.4 Å². The van der Waals surface area contributed by atoms with E-state index in [-0.39, 0.29) is 5.91 Å². The molecule has 5 rings (SSSR count). The monoisotopic (exact) mass is 586 g/mol. The number of benzene rings is 1. The van der Waals surface area contributed by atoms with E-state index in [4.69, 9.17) is 16.0 Å². The lowest BCUT2D eigenvalue weighted by Gasteiger charge is -2.48. The smallest absolute Gasteiger partial charge is 0.253 e. The number of hydrogen-bond donors (Lipinski definition) is 0. The Kier molecular flexibility index (Phi) is 8.12. The topological polar surface area (TPSA) is 78.6 Å². The Morgan fingerprint density at radius 3 is 2.54 bits per heavy atom. The van der Waals surface area contributed by atoms with Gasteiger partial charge in [0.25, 0.3) is 5.91 Å². The summed E-state index contributed by atoms with van der Waals surface area (Å²) in [5, 5.41) is 8.56. The van der Waals surface area contributed by atoms with Crippen LogP contribution >= 0.6 is 27.5 Å². The van der Waals surface area contributed by atoms with Crippen LogP contribution in [0.5, 0.6) is 0 Å². The number of amides is 1. The van der Waals surface area contributed by atoms with E-state index in [9.17, 15) is 4.79 Å². The third-order valence-electron chi connectivity index (χ3n) is 7.36. The molecule has 0 saturated carbocycles. The minimum absolute atomic E-state index is 0.126. The molecule has 4 heterocycles. The Balaban J connectivity index is 1.22. The van der Waals surface area contributed by atoms with Gasteiger partial charge in [-0.15, -0.1) is 10.2 Å². The third kappa shape index (κ3) is 5.84. The molecule has 196 valence electrons. The van der Waals surface area contributed by atoms with Crippen molar-refractivity contribution < 1.29 is 9.21 Å². The van der Waals surface area contributed by atoms with Crippen molar-refractivity contribution in [3.63, 3.8) is 0 Å². The van der Waals surface area contributed by atoms with Gasteiger partial charge >= 0.3 is 0 Å². The second kappa shape index (κ2) is 11.5. The zero-order valence-corrected chi connectivity index (χ0v) is 23.6. The molecule has 0 unspecified atom stereocenters. The van der Waals surface area contributed by atoms with Gasteiger partial charge in [0.1, 0.15) is 5.82 Å². The molecule has 10 heteroatoms. The number of piperidine rings is 1. The van der Waals surface area contributed by atoms with Gasteiger partial charge in [-0.1, -0.05) is 40.9 Å². The molecule has 0 bridgehead atoms. The summed E-state index contributed by atoms with van der Waals surface area (Å²) in [4.78, 5) is 24.6. The second-order valence-electron chi connectivity index (χ2n) is 9.81. The molecule has 8 nitrogen and oxygen atoms in total. The van der Waals surface area contributed by atoms with Crippen molar-refractivity contribution in [3.05, 3.63) is 57.5 Å². The number of piperazine rings is 1. The summed E-state index contributed by atoms with van der Waals surface area (Å²) >= 11 is 10.1. The van der Waals surface area contributed by atoms with E-state index in [0.717, 1.165) is 79.8 Å². The molecule has 1 aromatic carbocycles. The summed E-state index contributed by atoms with van der Waals surface area (Å²) < 4.78 is 6.51. The van der Waals surface area contributed by atoms with Gasteiger partial charge in [-0.3, -0.25) is 9.69 Å². The number of anilines is 1. The predicted octanol–water partition coefficient (Wildman–Crippen LogP) is 5.45. The van der Waals surface area contributed by atoms with Crippen molar-refractivity contribution >= 4 is 39.3 Å². The Labute approximate surface area is 231 Å². The maximum Gasteiger partial charge on any atom is 0.253 e. The zero-order valence-electron chi connectivity index (χ0n) is 21.2. The number of pyridine rings is 1. The van der Waals surface area contributed by atoms with Crippen molar-refractivity contribution in [2.24, 2.45) is 0 Å². The first kappa shape index (κ1) is 26.1. The van der Waals surface area contributed by atoms with Crippen LogP contribution in [0, 0.1) is 6.92 Å². The fourth-order valence-electron chi connectivity index (χ4n) is 5.50. The van der Waals surface area contributed by atoms with Crippen molar-refractivity contribution in [3.8, 4) is 11.5 Å². The average molecular weight is 588 g/mol. The van der Waals surface area contributed by atoms with Crippen LogP contribution in [0.2, 0.25) is 5.02 Å². The minimum atomic E-state index is 0.126. The number of aromatic nitrogens is 3. The predicted molar refractivity (Wildman–Crippen MR) is 148 cm³/mol. The number of nitrogens with zero attached hydrogens (tertiary/aromatic N) is 6. The van der Waals surface area contributed by atoms with Gasteiger partial charge in [-0.25, -0.2) is 4.98 Å². The molecule has 2 aliphatic heterocycles. The highest BCUT2D eigenvalue weighted by molar-refractivity contribution is 9.10. The highest BCUT2D eigenvalue weighted by Gasteiger charge is 2.35. The van der Waals surface area contributed by atoms with Gasteiger partial charge < -0.3 is 14.2 Å². The van der Waals surface area contributed by atoms with Crippen LogP contribution in [0.25, 0.3) is 11.5 Å². The van der Waals surface area contributed by atoms with Gasteiger partial charge in [0, 0.05) is 68.0 Å². The molecule has 0 N–H and O–H groups in total. The molecule has 0 radical (unpaired) electrons. The highest BCUT2D eigenvalue weighted by Crippen LogP contribution is 2.32. The average Bonchev–Trinajstić information content (AvgIpc) is 3.35. The molecule has 0 spiro atoms. The van der Waals surface area contributed by atoms with Gasteiger partial charge in [0.15, 0.2) is 0 Å². The largest absolute Gasteiger partial charge is 0.421 e. The van der Waals surface area contributed by atoms with Crippen LogP contribution in [0.4, 0.5) is 5.82 Å². The van der Waals surface area contributed by atoms with Crippen molar-refractivity contribution in [2.45, 2.75) is 51.6 Å². The Bertz CT molecular complexity index is 1230. The van der Waals surface area contributed by atoms with E-state index in [1.165, 1.54) is 0 Å². The first-order valence-electron chi connectivity index (χ1n) is 12.9. The van der Waals surface area contributed by atoms with E-state index < -0.39 is 0 Å². The standard InChI is InChI=1S/C27H32BrClN6O2/c1-3-4-23-17-34(25-24(29)15-20(16-30-25)26-32-31-18(2)37-26)13-14-35(23)22-9-11-33(12-10-22)27(36)19-5-7-21(28)8-6-19/h5-8,15-16,22-23H,3-4,9-14,17H2,1-2H3/t23-/m0/s1. The number of carbonyl (C=O) groups is 1. The molecular formula is C27H32BrClN6O2. The number of rotatable bonds is 6. The van der Waals surface area contributed by atoms with E-state index in [2.05, 4.69) is 47.8 Å². The maximum absolute atomic E-state index is 13.0. The molecule has 2 aromatic heterocycles. The lowest BCUT2D eigenvalue weighted by atomic mass is 9.97. The van der Waals surface area contributed by atoms with Crippen molar-refractivity contribution in [1.29, 1.82) is 0 Å². The summed E-state index contributed by atoms with van der Waals surface area (Å²) in [6, 6.07) is 10.4. The molecule has 2 aliphatic rings. The summed E-state index contributed by atoms with van der Waals surface area (Å²) in [7, 11) is 0. The molecule has 1 atom stereocenters. The quantitative estimate of drug-likeness (QED) is 0.379. The number of likely N-dealkylation sites (tertiary alicyclic amines) is 1. The normalized spacial score (nSPS) is 19.4. The van der Waals surface area contributed by atoms with Crippen molar-refractivity contribution in [2.75, 3.05) is 37.6 Å². The SMILES string of the molecule is CCC[C@H]1CN(c2ncc(-c3nnc(C)o3)cc2Cl)CCN1C1CCN(C(=O)c2ccc(Br)cc2)CC1. The first-order valence-corrected chi connectivity index (χ1v) is 14.1. The summed E-state index contributed by atoms with van der Waals surface area (Å²) in [6.45, 7) is 8.30. The molecule has 2 fully saturated rings. The number of halogens is 2. The van der Waals surface area contributed by atoms with E-state index in [1.807, 2.05) is 35.2 Å². The molecule has 0 aliphatic carbocycles. The third-order valence-corrected chi connectivity index (χ3v) is 8.16. The number of aryl methyl sites for hydroxylation is 1. The first-order chi connectivity index (χ1) is 17.9. The molecule has 37 heavy (non-hydrogen) atoms. The fourth-order valence-corrected chi connectivity index (χ4v) is 6.05. The molecule has 1 amide bonds. The zero-order chi connectivity index (χ0) is 25.9. The van der Waals surface area contributed by atoms with E-state index in [0.29, 0.717) is 28.9 Å². The highest BCUT2D eigenvalue weighted by atomic mass is 79.9. The maximum atomic E-state index is 13.0. The summed E-state index contributed by atoms with van der Waals surface area (Å²) in [6.07, 6.45) is 5.99. The molecule has 3 aromatic rings. The lowest BCUT2D eigenvalue weighted by molar-refractivity contribution is 0.0481. The number of carbonyl (C=O) groups excluding carboxylic acids is 1.